The summed E-state index contributed by atoms with van der Waals surface area (Å²) in [7, 11) is 0. The lowest BCUT2D eigenvalue weighted by Gasteiger charge is -2.07. The van der Waals surface area contributed by atoms with Crippen LogP contribution >= 0.6 is 0 Å². The van der Waals surface area contributed by atoms with E-state index in [4.69, 9.17) is 5.11 Å². The fourth-order valence-electron chi connectivity index (χ4n) is 1.52. The number of aliphatic hydroxyl groups excluding tert-OH is 1. The average molecular weight is 264 g/mol. The van der Waals surface area contributed by atoms with Crippen molar-refractivity contribution in [1.29, 1.82) is 0 Å². The van der Waals surface area contributed by atoms with Crippen LogP contribution < -0.4 is 10.6 Å². The molecule has 0 unspecified atom stereocenters. The lowest BCUT2D eigenvalue weighted by atomic mass is 10.2. The van der Waals surface area contributed by atoms with Gasteiger partial charge in [0, 0.05) is 17.3 Å². The Balaban J connectivity index is 1.83. The minimum absolute atomic E-state index is 0.0403. The van der Waals surface area contributed by atoms with E-state index in [0.29, 0.717) is 11.4 Å². The van der Waals surface area contributed by atoms with Crippen LogP contribution in [0.3, 0.4) is 0 Å². The summed E-state index contributed by atoms with van der Waals surface area (Å²) in [5.74, 6) is 0.203. The molecule has 3 N–H and O–H groups in total. The van der Waals surface area contributed by atoms with Gasteiger partial charge in [-0.3, -0.25) is 10.1 Å². The van der Waals surface area contributed by atoms with E-state index in [9.17, 15) is 9.59 Å². The van der Waals surface area contributed by atoms with Gasteiger partial charge in [-0.15, -0.1) is 0 Å². The van der Waals surface area contributed by atoms with E-state index in [-0.39, 0.29) is 25.0 Å². The van der Waals surface area contributed by atoms with Gasteiger partial charge in [0.15, 0.2) is 0 Å². The molecule has 0 saturated heterocycles. The van der Waals surface area contributed by atoms with E-state index < -0.39 is 6.09 Å². The molecule has 2 rings (SSSR count). The molecule has 1 aromatic rings. The van der Waals surface area contributed by atoms with Gasteiger partial charge in [0.2, 0.25) is 5.91 Å². The molecule has 6 nitrogen and oxygen atoms in total. The van der Waals surface area contributed by atoms with Crippen LogP contribution in [0.5, 0.6) is 0 Å². The van der Waals surface area contributed by atoms with Crippen molar-refractivity contribution in [2.24, 2.45) is 5.92 Å². The molecular weight excluding hydrogens is 248 g/mol. The second-order valence-electron chi connectivity index (χ2n) is 4.33. The molecule has 1 fully saturated rings. The molecule has 6 heteroatoms. The SMILES string of the molecule is O=C(Nc1ccc(NC(=O)C2CC2)cc1)OCCO. The predicted molar refractivity (Wildman–Crippen MR) is 69.9 cm³/mol. The molecule has 1 saturated carbocycles. The predicted octanol–water partition coefficient (Wildman–Crippen LogP) is 1.58. The molecule has 0 heterocycles. The third-order valence-electron chi connectivity index (χ3n) is 2.67. The summed E-state index contributed by atoms with van der Waals surface area (Å²) in [5.41, 5.74) is 1.26. The quantitative estimate of drug-likeness (QED) is 0.753. The Kier molecular flexibility index (Phi) is 4.35. The highest BCUT2D eigenvalue weighted by molar-refractivity contribution is 5.94. The molecule has 1 aliphatic carbocycles. The van der Waals surface area contributed by atoms with Crippen molar-refractivity contribution < 1.29 is 19.4 Å². The number of rotatable bonds is 5. The number of hydrogen-bond acceptors (Lipinski definition) is 4. The van der Waals surface area contributed by atoms with E-state index in [0.717, 1.165) is 12.8 Å². The number of benzene rings is 1. The summed E-state index contributed by atoms with van der Waals surface area (Å²) in [4.78, 5) is 22.7. The number of aliphatic hydroxyl groups is 1. The Morgan fingerprint density at radius 3 is 2.26 bits per heavy atom. The van der Waals surface area contributed by atoms with Crippen LogP contribution in [-0.2, 0) is 9.53 Å². The van der Waals surface area contributed by atoms with Crippen molar-refractivity contribution in [2.75, 3.05) is 23.8 Å². The van der Waals surface area contributed by atoms with E-state index >= 15 is 0 Å². The van der Waals surface area contributed by atoms with Crippen LogP contribution in [0.15, 0.2) is 24.3 Å². The van der Waals surface area contributed by atoms with Gasteiger partial charge < -0.3 is 15.2 Å². The normalized spacial score (nSPS) is 13.7. The number of hydrogen-bond donors (Lipinski definition) is 3. The molecule has 2 amide bonds. The number of anilines is 2. The maximum Gasteiger partial charge on any atom is 0.411 e. The van der Waals surface area contributed by atoms with E-state index in [1.165, 1.54) is 0 Å². The molecule has 0 radical (unpaired) electrons. The van der Waals surface area contributed by atoms with Gasteiger partial charge in [-0.25, -0.2) is 4.79 Å². The zero-order valence-corrected chi connectivity index (χ0v) is 10.4. The monoisotopic (exact) mass is 264 g/mol. The number of carbonyl (C=O) groups is 2. The maximum atomic E-state index is 11.5. The van der Waals surface area contributed by atoms with Crippen LogP contribution in [0.4, 0.5) is 16.2 Å². The van der Waals surface area contributed by atoms with Gasteiger partial charge in [-0.2, -0.15) is 0 Å². The Morgan fingerprint density at radius 1 is 1.16 bits per heavy atom. The molecule has 0 spiro atoms. The van der Waals surface area contributed by atoms with Crippen molar-refractivity contribution in [3.63, 3.8) is 0 Å². The number of amides is 2. The third-order valence-corrected chi connectivity index (χ3v) is 2.67. The summed E-state index contributed by atoms with van der Waals surface area (Å²) in [6.07, 6.45) is 1.30. The standard InChI is InChI=1S/C13H16N2O4/c16-7-8-19-13(18)15-11-5-3-10(4-6-11)14-12(17)9-1-2-9/h3-6,9,16H,1-2,7-8H2,(H,14,17)(H,15,18). The maximum absolute atomic E-state index is 11.5. The Morgan fingerprint density at radius 2 is 1.74 bits per heavy atom. The van der Waals surface area contributed by atoms with Crippen LogP contribution in [0.25, 0.3) is 0 Å². The van der Waals surface area contributed by atoms with Crippen LogP contribution in [0, 0.1) is 5.92 Å². The van der Waals surface area contributed by atoms with Gasteiger partial charge in [0.05, 0.1) is 6.61 Å². The number of nitrogens with one attached hydrogen (secondary N) is 2. The zero-order valence-electron chi connectivity index (χ0n) is 10.4. The van der Waals surface area contributed by atoms with Gasteiger partial charge >= 0.3 is 6.09 Å². The van der Waals surface area contributed by atoms with Crippen LogP contribution in [0.1, 0.15) is 12.8 Å². The highest BCUT2D eigenvalue weighted by Crippen LogP contribution is 2.30. The van der Waals surface area contributed by atoms with Crippen molar-refractivity contribution in [3.8, 4) is 0 Å². The van der Waals surface area contributed by atoms with Crippen LogP contribution in [-0.4, -0.2) is 30.3 Å². The van der Waals surface area contributed by atoms with Crippen molar-refractivity contribution in [3.05, 3.63) is 24.3 Å². The van der Waals surface area contributed by atoms with Gasteiger partial charge in [0.1, 0.15) is 6.61 Å². The fourth-order valence-corrected chi connectivity index (χ4v) is 1.52. The molecule has 1 aliphatic rings. The number of carbonyl (C=O) groups excluding carboxylic acids is 2. The number of ether oxygens (including phenoxy) is 1. The first-order valence-corrected chi connectivity index (χ1v) is 6.14. The fraction of sp³-hybridized carbons (Fsp3) is 0.385. The zero-order chi connectivity index (χ0) is 13.7. The first-order chi connectivity index (χ1) is 9.19. The third kappa shape index (κ3) is 4.26. The molecule has 0 aliphatic heterocycles. The Bertz CT molecular complexity index is 454. The smallest absolute Gasteiger partial charge is 0.411 e. The molecule has 102 valence electrons. The first kappa shape index (κ1) is 13.4. The molecule has 0 bridgehead atoms. The Labute approximate surface area is 110 Å². The minimum Gasteiger partial charge on any atom is -0.447 e. The van der Waals surface area contributed by atoms with Crippen molar-refractivity contribution in [1.82, 2.24) is 0 Å². The summed E-state index contributed by atoms with van der Waals surface area (Å²) in [5, 5.41) is 13.8. The van der Waals surface area contributed by atoms with Crippen molar-refractivity contribution >= 4 is 23.4 Å². The molecule has 0 atom stereocenters. The summed E-state index contributed by atoms with van der Waals surface area (Å²) < 4.78 is 4.66. The second-order valence-corrected chi connectivity index (χ2v) is 4.33. The highest BCUT2D eigenvalue weighted by atomic mass is 16.6. The second kappa shape index (κ2) is 6.19. The summed E-state index contributed by atoms with van der Waals surface area (Å²) in [6, 6.07) is 6.76. The summed E-state index contributed by atoms with van der Waals surface area (Å²) in [6.45, 7) is -0.249. The lowest BCUT2D eigenvalue weighted by Crippen LogP contribution is -2.16. The van der Waals surface area contributed by atoms with E-state index in [1.807, 2.05) is 0 Å². The van der Waals surface area contributed by atoms with E-state index in [2.05, 4.69) is 15.4 Å². The van der Waals surface area contributed by atoms with Crippen molar-refractivity contribution in [2.45, 2.75) is 12.8 Å². The molecule has 0 aromatic heterocycles. The highest BCUT2D eigenvalue weighted by Gasteiger charge is 2.29. The average Bonchev–Trinajstić information content (AvgIpc) is 3.23. The van der Waals surface area contributed by atoms with E-state index in [1.54, 1.807) is 24.3 Å². The van der Waals surface area contributed by atoms with Crippen LogP contribution in [0.2, 0.25) is 0 Å². The molecule has 1 aromatic carbocycles. The first-order valence-electron chi connectivity index (χ1n) is 6.14. The topological polar surface area (TPSA) is 87.7 Å². The lowest BCUT2D eigenvalue weighted by molar-refractivity contribution is -0.117. The molecular formula is C13H16N2O4. The molecule has 19 heavy (non-hydrogen) atoms. The Hall–Kier alpha value is -2.08. The van der Waals surface area contributed by atoms with Gasteiger partial charge in [0.25, 0.3) is 0 Å². The van der Waals surface area contributed by atoms with Gasteiger partial charge in [-0.1, -0.05) is 0 Å². The summed E-state index contributed by atoms with van der Waals surface area (Å²) >= 11 is 0. The largest absolute Gasteiger partial charge is 0.447 e. The van der Waals surface area contributed by atoms with Gasteiger partial charge in [-0.05, 0) is 37.1 Å². The minimum atomic E-state index is -0.621.